The smallest absolute Gasteiger partial charge is 0.418 e. The first-order valence-electron chi connectivity index (χ1n) is 18.8. The van der Waals surface area contributed by atoms with Crippen LogP contribution in [0.25, 0.3) is 0 Å². The fourth-order valence-electron chi connectivity index (χ4n) is 7.51. The second-order valence-electron chi connectivity index (χ2n) is 14.5. The van der Waals surface area contributed by atoms with Gasteiger partial charge in [-0.1, -0.05) is 47.6 Å². The van der Waals surface area contributed by atoms with Crippen LogP contribution in [-0.2, 0) is 50.1 Å². The van der Waals surface area contributed by atoms with E-state index in [1.165, 1.54) is 22.7 Å². The van der Waals surface area contributed by atoms with Gasteiger partial charge in [0.05, 0.1) is 55.4 Å². The molecule has 58 heavy (non-hydrogen) atoms. The van der Waals surface area contributed by atoms with Crippen molar-refractivity contribution in [3.8, 4) is 11.5 Å². The van der Waals surface area contributed by atoms with Crippen molar-refractivity contribution in [2.45, 2.75) is 70.0 Å². The number of anilines is 2. The van der Waals surface area contributed by atoms with Gasteiger partial charge in [0, 0.05) is 63.5 Å². The Hall–Kier alpha value is -4.99. The van der Waals surface area contributed by atoms with E-state index in [0.717, 1.165) is 34.4 Å². The third-order valence-corrected chi connectivity index (χ3v) is 11.4. The molecule has 1 unspecified atom stereocenters. The minimum atomic E-state index is -4.76. The minimum absolute atomic E-state index is 0.0103. The van der Waals surface area contributed by atoms with Gasteiger partial charge >= 0.3 is 6.18 Å². The third kappa shape index (κ3) is 8.57. The molecule has 1 amide bonds. The molecule has 2 aliphatic heterocycles. The Morgan fingerprint density at radius 3 is 2.19 bits per heavy atom. The van der Waals surface area contributed by atoms with E-state index < -0.39 is 22.9 Å². The Labute approximate surface area is 345 Å². The molecule has 1 atom stereocenters. The number of halogens is 4. The van der Waals surface area contributed by atoms with Crippen LogP contribution in [0, 0.1) is 6.92 Å². The van der Waals surface area contributed by atoms with E-state index in [2.05, 4.69) is 10.00 Å². The summed E-state index contributed by atoms with van der Waals surface area (Å²) in [4.78, 5) is 28.3. The summed E-state index contributed by atoms with van der Waals surface area (Å²) in [7, 11) is 6.59. The van der Waals surface area contributed by atoms with Gasteiger partial charge in [-0.15, -0.1) is 0 Å². The van der Waals surface area contributed by atoms with Crippen LogP contribution in [0.15, 0.2) is 65.8 Å². The molecule has 0 bridgehead atoms. The maximum absolute atomic E-state index is 15.0. The van der Waals surface area contributed by atoms with E-state index in [1.807, 2.05) is 71.3 Å². The molecule has 7 rings (SSSR count). The fraction of sp³-hybridized carbons (Fsp3) is 0.381. The number of rotatable bonds is 11. The molecule has 0 fully saturated rings. The van der Waals surface area contributed by atoms with E-state index in [4.69, 9.17) is 35.8 Å². The van der Waals surface area contributed by atoms with Gasteiger partial charge in [0.25, 0.3) is 5.91 Å². The summed E-state index contributed by atoms with van der Waals surface area (Å²) in [6, 6.07) is 18.0. The minimum Gasteiger partial charge on any atom is -0.497 e. The standard InChI is InChI=1S/C42H45ClF3N7O4S/c1-25-35-23-51(16-7-17-53(35)49-38(25)40(54)50(2)3)39-32-24-57-36(20-34(32)47-41(48-39)58-6)31-18-28(19-33(43)37(31)42(44,45)46)52(21-26-8-12-29(55-4)13-9-26)22-27-10-14-30(56-5)15-11-27/h8-15,18-19,36H,7,16-17,20-24H2,1-6H3. The zero-order valence-corrected chi connectivity index (χ0v) is 34.8. The normalized spacial score (nSPS) is 15.3. The molecule has 2 aromatic heterocycles. The van der Waals surface area contributed by atoms with Crippen LogP contribution in [0.5, 0.6) is 11.5 Å². The van der Waals surface area contributed by atoms with Gasteiger partial charge in [0.15, 0.2) is 10.9 Å². The first-order valence-corrected chi connectivity index (χ1v) is 20.4. The molecule has 4 heterocycles. The van der Waals surface area contributed by atoms with Crippen LogP contribution in [-0.4, -0.2) is 71.7 Å². The number of thioether (sulfide) groups is 1. The number of nitrogens with zero attached hydrogens (tertiary/aromatic N) is 7. The summed E-state index contributed by atoms with van der Waals surface area (Å²) in [5, 5.41) is 4.74. The second kappa shape index (κ2) is 17.1. The molecule has 3 aromatic carbocycles. The molecule has 0 saturated heterocycles. The lowest BCUT2D eigenvalue weighted by Crippen LogP contribution is -2.29. The zero-order chi connectivity index (χ0) is 41.3. The highest BCUT2D eigenvalue weighted by Crippen LogP contribution is 2.46. The highest BCUT2D eigenvalue weighted by atomic mass is 35.5. The van der Waals surface area contributed by atoms with Crippen molar-refractivity contribution in [3.05, 3.63) is 116 Å². The predicted molar refractivity (Wildman–Crippen MR) is 218 cm³/mol. The van der Waals surface area contributed by atoms with Crippen LogP contribution < -0.4 is 19.3 Å². The van der Waals surface area contributed by atoms with Gasteiger partial charge in [-0.25, -0.2) is 9.97 Å². The van der Waals surface area contributed by atoms with Crippen LogP contribution in [0.3, 0.4) is 0 Å². The number of fused-ring (bicyclic) bond motifs is 2. The number of alkyl halides is 3. The molecule has 5 aromatic rings. The Bertz CT molecular complexity index is 2240. The summed E-state index contributed by atoms with van der Waals surface area (Å²) < 4.78 is 64.0. The molecule has 0 radical (unpaired) electrons. The molecular formula is C42H45ClF3N7O4S. The van der Waals surface area contributed by atoms with Crippen molar-refractivity contribution in [2.24, 2.45) is 0 Å². The number of amides is 1. The van der Waals surface area contributed by atoms with E-state index in [0.29, 0.717) is 72.3 Å². The molecular weight excluding hydrogens is 791 g/mol. The first kappa shape index (κ1) is 41.2. The lowest BCUT2D eigenvalue weighted by atomic mass is 9.94. The van der Waals surface area contributed by atoms with Gasteiger partial charge in [-0.05, 0) is 72.7 Å². The number of carbonyl (C=O) groups is 1. The van der Waals surface area contributed by atoms with Crippen molar-refractivity contribution >= 4 is 40.8 Å². The lowest BCUT2D eigenvalue weighted by Gasteiger charge is -2.33. The SMILES string of the molecule is COc1ccc(CN(Cc2ccc(OC)cc2)c2cc(Cl)c(C(F)(F)F)c(C3Cc4nc(SC)nc(N5CCCn6nc(C(=O)N(C)C)c(C)c6C5)c4CO3)c2)cc1. The molecule has 11 nitrogen and oxygen atoms in total. The molecule has 0 N–H and O–H groups in total. The Morgan fingerprint density at radius 1 is 0.983 bits per heavy atom. The molecule has 2 aliphatic rings. The van der Waals surface area contributed by atoms with Crippen LogP contribution >= 0.6 is 23.4 Å². The number of ether oxygens (including phenoxy) is 3. The first-order chi connectivity index (χ1) is 27.8. The van der Waals surface area contributed by atoms with Crippen LogP contribution in [0.2, 0.25) is 5.02 Å². The van der Waals surface area contributed by atoms with Crippen molar-refractivity contribution in [1.82, 2.24) is 24.6 Å². The molecule has 0 saturated carbocycles. The fourth-order valence-corrected chi connectivity index (χ4v) is 8.22. The topological polar surface area (TPSA) is 98.1 Å². The molecule has 306 valence electrons. The summed E-state index contributed by atoms with van der Waals surface area (Å²) in [5.41, 5.74) is 4.83. The number of benzene rings is 3. The van der Waals surface area contributed by atoms with E-state index >= 15 is 0 Å². The number of aryl methyl sites for hydroxylation is 1. The quantitative estimate of drug-likeness (QED) is 0.0952. The number of methoxy groups -OCH3 is 2. The van der Waals surface area contributed by atoms with Gasteiger partial charge < -0.3 is 28.9 Å². The number of aromatic nitrogens is 4. The maximum atomic E-state index is 15.0. The second-order valence-corrected chi connectivity index (χ2v) is 15.7. The van der Waals surface area contributed by atoms with Crippen molar-refractivity contribution in [2.75, 3.05) is 50.9 Å². The van der Waals surface area contributed by atoms with Crippen molar-refractivity contribution in [3.63, 3.8) is 0 Å². The summed E-state index contributed by atoms with van der Waals surface area (Å²) in [6.45, 7) is 4.35. The van der Waals surface area contributed by atoms with Gasteiger partial charge in [0.1, 0.15) is 17.3 Å². The van der Waals surface area contributed by atoms with E-state index in [1.54, 1.807) is 34.4 Å². The largest absolute Gasteiger partial charge is 0.497 e. The van der Waals surface area contributed by atoms with Gasteiger partial charge in [-0.2, -0.15) is 18.3 Å². The number of hydrogen-bond acceptors (Lipinski definition) is 10. The highest BCUT2D eigenvalue weighted by molar-refractivity contribution is 7.98. The summed E-state index contributed by atoms with van der Waals surface area (Å²) in [5.74, 6) is 1.88. The van der Waals surface area contributed by atoms with Crippen molar-refractivity contribution < 1.29 is 32.2 Å². The third-order valence-electron chi connectivity index (χ3n) is 10.6. The van der Waals surface area contributed by atoms with E-state index in [9.17, 15) is 18.0 Å². The van der Waals surface area contributed by atoms with Crippen LogP contribution in [0.4, 0.5) is 24.7 Å². The average molecular weight is 836 g/mol. The Balaban J connectivity index is 1.26. The summed E-state index contributed by atoms with van der Waals surface area (Å²) in [6.07, 6.45) is -3.08. The Morgan fingerprint density at radius 2 is 1.62 bits per heavy atom. The molecule has 16 heteroatoms. The van der Waals surface area contributed by atoms with Crippen molar-refractivity contribution in [1.29, 1.82) is 0 Å². The lowest BCUT2D eigenvalue weighted by molar-refractivity contribution is -0.139. The maximum Gasteiger partial charge on any atom is 0.418 e. The van der Waals surface area contributed by atoms with E-state index in [-0.39, 0.29) is 24.5 Å². The monoisotopic (exact) mass is 835 g/mol. The highest BCUT2D eigenvalue weighted by Gasteiger charge is 2.41. The number of hydrogen-bond donors (Lipinski definition) is 0. The number of carbonyl (C=O) groups excluding carboxylic acids is 1. The average Bonchev–Trinajstić information content (AvgIpc) is 3.36. The van der Waals surface area contributed by atoms with Gasteiger partial charge in [0.2, 0.25) is 0 Å². The van der Waals surface area contributed by atoms with Gasteiger partial charge in [-0.3, -0.25) is 9.48 Å². The molecule has 0 spiro atoms. The predicted octanol–water partition coefficient (Wildman–Crippen LogP) is 8.53. The zero-order valence-electron chi connectivity index (χ0n) is 33.2. The molecule has 0 aliphatic carbocycles. The Kier molecular flexibility index (Phi) is 12.1. The summed E-state index contributed by atoms with van der Waals surface area (Å²) >= 11 is 8.01. The van der Waals surface area contributed by atoms with Crippen LogP contribution in [0.1, 0.15) is 67.8 Å².